The number of benzene rings is 1. The standard InChI is InChI=1S/C21H26O5/c1-6-8-12-11-15(23)25-20-16(12)19-13(9-10-21(3,4)26-19)18(24-5)17(20)14(22)7-2/h9-11,14,22H,6-8H2,1-5H3. The van der Waals surface area contributed by atoms with Gasteiger partial charge in [0, 0.05) is 6.07 Å². The molecule has 2 heterocycles. The Kier molecular flexibility index (Phi) is 4.84. The van der Waals surface area contributed by atoms with Crippen LogP contribution in [0.4, 0.5) is 0 Å². The first kappa shape index (κ1) is 18.5. The Hall–Kier alpha value is -2.27. The second-order valence-corrected chi connectivity index (χ2v) is 7.20. The Morgan fingerprint density at radius 2 is 2.04 bits per heavy atom. The summed E-state index contributed by atoms with van der Waals surface area (Å²) in [7, 11) is 1.55. The van der Waals surface area contributed by atoms with E-state index in [-0.39, 0.29) is 0 Å². The SMILES string of the molecule is CCCc1cc(=O)oc2c(C(O)CC)c(OC)c3c(c12)OC(C)(C)C=C3. The zero-order chi connectivity index (χ0) is 19.1. The van der Waals surface area contributed by atoms with Gasteiger partial charge >= 0.3 is 5.63 Å². The van der Waals surface area contributed by atoms with E-state index in [2.05, 4.69) is 6.92 Å². The molecule has 140 valence electrons. The van der Waals surface area contributed by atoms with Crippen LogP contribution in [0.2, 0.25) is 0 Å². The highest BCUT2D eigenvalue weighted by Gasteiger charge is 2.32. The van der Waals surface area contributed by atoms with Crippen LogP contribution in [0, 0.1) is 0 Å². The van der Waals surface area contributed by atoms with Gasteiger partial charge in [-0.15, -0.1) is 0 Å². The van der Waals surface area contributed by atoms with Gasteiger partial charge in [0.1, 0.15) is 17.1 Å². The van der Waals surface area contributed by atoms with Gasteiger partial charge in [-0.2, -0.15) is 0 Å². The quantitative estimate of drug-likeness (QED) is 0.803. The van der Waals surface area contributed by atoms with Crippen molar-refractivity contribution in [1.29, 1.82) is 0 Å². The van der Waals surface area contributed by atoms with Gasteiger partial charge in [0.05, 0.1) is 29.7 Å². The predicted octanol–water partition coefficient (Wildman–Crippen LogP) is 4.38. The van der Waals surface area contributed by atoms with Crippen molar-refractivity contribution in [3.63, 3.8) is 0 Å². The van der Waals surface area contributed by atoms with Gasteiger partial charge in [-0.05, 0) is 44.4 Å². The molecule has 1 aromatic heterocycles. The van der Waals surface area contributed by atoms with Crippen LogP contribution in [0.1, 0.15) is 63.3 Å². The minimum absolute atomic E-state index is 0.358. The van der Waals surface area contributed by atoms with Crippen molar-refractivity contribution in [3.8, 4) is 11.5 Å². The van der Waals surface area contributed by atoms with Crippen LogP contribution in [0.25, 0.3) is 17.0 Å². The Labute approximate surface area is 153 Å². The first-order valence-corrected chi connectivity index (χ1v) is 9.09. The van der Waals surface area contributed by atoms with E-state index in [1.54, 1.807) is 7.11 Å². The molecule has 0 aliphatic carbocycles. The highest BCUT2D eigenvalue weighted by atomic mass is 16.5. The van der Waals surface area contributed by atoms with E-state index in [1.807, 2.05) is 32.9 Å². The fourth-order valence-electron chi connectivity index (χ4n) is 3.50. The molecule has 3 rings (SSSR count). The molecule has 0 amide bonds. The number of aryl methyl sites for hydroxylation is 1. The average molecular weight is 358 g/mol. The van der Waals surface area contributed by atoms with E-state index in [9.17, 15) is 9.90 Å². The maximum Gasteiger partial charge on any atom is 0.336 e. The molecule has 1 aliphatic heterocycles. The van der Waals surface area contributed by atoms with Crippen molar-refractivity contribution in [2.24, 2.45) is 0 Å². The summed E-state index contributed by atoms with van der Waals surface area (Å²) < 4.78 is 17.5. The van der Waals surface area contributed by atoms with Crippen molar-refractivity contribution >= 4 is 17.0 Å². The topological polar surface area (TPSA) is 68.9 Å². The number of aliphatic hydroxyl groups is 1. The highest BCUT2D eigenvalue weighted by Crippen LogP contribution is 2.48. The number of fused-ring (bicyclic) bond motifs is 3. The molecule has 0 saturated heterocycles. The zero-order valence-electron chi connectivity index (χ0n) is 16.0. The molecule has 0 radical (unpaired) electrons. The second-order valence-electron chi connectivity index (χ2n) is 7.20. The molecule has 1 aromatic carbocycles. The van der Waals surface area contributed by atoms with E-state index in [4.69, 9.17) is 13.9 Å². The minimum atomic E-state index is -0.805. The molecule has 0 bridgehead atoms. The van der Waals surface area contributed by atoms with Gasteiger partial charge in [-0.3, -0.25) is 0 Å². The van der Waals surface area contributed by atoms with Gasteiger partial charge in [-0.1, -0.05) is 20.3 Å². The number of hydrogen-bond acceptors (Lipinski definition) is 5. The molecule has 1 aliphatic rings. The summed E-state index contributed by atoms with van der Waals surface area (Å²) in [6.07, 6.45) is 5.19. The molecule has 0 fully saturated rings. The molecule has 2 aromatic rings. The fraction of sp³-hybridized carbons (Fsp3) is 0.476. The molecule has 5 heteroatoms. The first-order valence-electron chi connectivity index (χ1n) is 9.09. The molecule has 1 atom stereocenters. The van der Waals surface area contributed by atoms with Gasteiger partial charge in [0.15, 0.2) is 5.58 Å². The number of methoxy groups -OCH3 is 1. The maximum atomic E-state index is 12.2. The molecule has 0 saturated carbocycles. The molecular formula is C21H26O5. The lowest BCUT2D eigenvalue weighted by atomic mass is 9.91. The van der Waals surface area contributed by atoms with Gasteiger partial charge in [-0.25, -0.2) is 4.79 Å². The third-order valence-electron chi connectivity index (χ3n) is 4.71. The van der Waals surface area contributed by atoms with Crippen LogP contribution < -0.4 is 15.1 Å². The van der Waals surface area contributed by atoms with Crippen molar-refractivity contribution in [2.75, 3.05) is 7.11 Å². The Morgan fingerprint density at radius 1 is 1.31 bits per heavy atom. The zero-order valence-corrected chi connectivity index (χ0v) is 16.0. The van der Waals surface area contributed by atoms with Gasteiger partial charge in [0.25, 0.3) is 0 Å². The first-order chi connectivity index (χ1) is 12.3. The second kappa shape index (κ2) is 6.80. The number of hydrogen-bond donors (Lipinski definition) is 1. The lowest BCUT2D eigenvalue weighted by Gasteiger charge is -2.31. The highest BCUT2D eigenvalue weighted by molar-refractivity contribution is 5.96. The van der Waals surface area contributed by atoms with Gasteiger partial charge < -0.3 is 19.0 Å². The van der Waals surface area contributed by atoms with Crippen LogP contribution in [0.3, 0.4) is 0 Å². The largest absolute Gasteiger partial charge is 0.495 e. The number of aliphatic hydroxyl groups excluding tert-OH is 1. The van der Waals surface area contributed by atoms with Crippen LogP contribution >= 0.6 is 0 Å². The predicted molar refractivity (Wildman–Crippen MR) is 102 cm³/mol. The van der Waals surface area contributed by atoms with Crippen molar-refractivity contribution in [3.05, 3.63) is 39.3 Å². The minimum Gasteiger partial charge on any atom is -0.495 e. The summed E-state index contributed by atoms with van der Waals surface area (Å²) in [4.78, 5) is 12.2. The Bertz CT molecular complexity index is 920. The lowest BCUT2D eigenvalue weighted by molar-refractivity contribution is 0.157. The van der Waals surface area contributed by atoms with E-state index in [0.29, 0.717) is 29.1 Å². The van der Waals surface area contributed by atoms with Crippen molar-refractivity contribution in [2.45, 2.75) is 58.7 Å². The van der Waals surface area contributed by atoms with Crippen LogP contribution in [-0.2, 0) is 6.42 Å². The van der Waals surface area contributed by atoms with Crippen molar-refractivity contribution < 1.29 is 19.0 Å². The molecule has 0 spiro atoms. The number of ether oxygens (including phenoxy) is 2. The van der Waals surface area contributed by atoms with E-state index in [0.717, 1.165) is 29.4 Å². The summed E-state index contributed by atoms with van der Waals surface area (Å²) in [5.74, 6) is 1.13. The van der Waals surface area contributed by atoms with E-state index in [1.165, 1.54) is 6.07 Å². The van der Waals surface area contributed by atoms with E-state index < -0.39 is 17.3 Å². The summed E-state index contributed by atoms with van der Waals surface area (Å²) >= 11 is 0. The van der Waals surface area contributed by atoms with Crippen molar-refractivity contribution in [1.82, 2.24) is 0 Å². The van der Waals surface area contributed by atoms with Crippen LogP contribution in [0.15, 0.2) is 21.4 Å². The summed E-state index contributed by atoms with van der Waals surface area (Å²) in [5, 5.41) is 11.4. The summed E-state index contributed by atoms with van der Waals surface area (Å²) in [6.45, 7) is 7.87. The average Bonchev–Trinajstić information content (AvgIpc) is 2.58. The third-order valence-corrected chi connectivity index (χ3v) is 4.71. The smallest absolute Gasteiger partial charge is 0.336 e. The number of rotatable bonds is 5. The lowest BCUT2D eigenvalue weighted by Crippen LogP contribution is -2.28. The monoisotopic (exact) mass is 358 g/mol. The fourth-order valence-corrected chi connectivity index (χ4v) is 3.50. The summed E-state index contributed by atoms with van der Waals surface area (Å²) in [5.41, 5.74) is 1.58. The molecule has 1 unspecified atom stereocenters. The van der Waals surface area contributed by atoms with Crippen LogP contribution in [-0.4, -0.2) is 17.8 Å². The normalized spacial score (nSPS) is 16.2. The third kappa shape index (κ3) is 3.01. The van der Waals surface area contributed by atoms with Gasteiger partial charge in [0.2, 0.25) is 0 Å². The Balaban J connectivity index is 2.53. The summed E-state index contributed by atoms with van der Waals surface area (Å²) in [6, 6.07) is 1.52. The molecule has 1 N–H and O–H groups in total. The Morgan fingerprint density at radius 3 is 2.65 bits per heavy atom. The molecular weight excluding hydrogens is 332 g/mol. The van der Waals surface area contributed by atoms with E-state index >= 15 is 0 Å². The van der Waals surface area contributed by atoms with Crippen LogP contribution in [0.5, 0.6) is 11.5 Å². The molecule has 26 heavy (non-hydrogen) atoms. The maximum absolute atomic E-state index is 12.2. The molecule has 5 nitrogen and oxygen atoms in total.